The predicted octanol–water partition coefficient (Wildman–Crippen LogP) is 3.95. The molecule has 0 unspecified atom stereocenters. The Morgan fingerprint density at radius 2 is 1.56 bits per heavy atom. The standard InChI is InChI=1S/C15H10O2S/c16-15-13-9-5-4-8-12(13)14(17-15)10-18-11-6-2-1-3-7-11/h1-10H/b14-10-. The van der Waals surface area contributed by atoms with Gasteiger partial charge < -0.3 is 4.74 Å². The van der Waals surface area contributed by atoms with Gasteiger partial charge in [0, 0.05) is 15.9 Å². The summed E-state index contributed by atoms with van der Waals surface area (Å²) in [5, 5.41) is 1.87. The summed E-state index contributed by atoms with van der Waals surface area (Å²) >= 11 is 1.54. The molecule has 88 valence electrons. The molecular weight excluding hydrogens is 244 g/mol. The minimum Gasteiger partial charge on any atom is -0.422 e. The van der Waals surface area contributed by atoms with Crippen LogP contribution in [-0.2, 0) is 4.74 Å². The molecule has 0 aromatic heterocycles. The SMILES string of the molecule is O=C1O/C(=C\Sc2ccccc2)c2ccccc21. The van der Waals surface area contributed by atoms with E-state index in [1.165, 1.54) is 0 Å². The zero-order chi connectivity index (χ0) is 12.4. The lowest BCUT2D eigenvalue weighted by Gasteiger charge is -1.98. The first kappa shape index (κ1) is 11.1. The van der Waals surface area contributed by atoms with E-state index in [9.17, 15) is 4.79 Å². The van der Waals surface area contributed by atoms with Crippen LogP contribution in [0, 0.1) is 0 Å². The van der Waals surface area contributed by atoms with Crippen LogP contribution < -0.4 is 0 Å². The van der Waals surface area contributed by atoms with Crippen LogP contribution in [0.25, 0.3) is 5.76 Å². The molecule has 1 heterocycles. The van der Waals surface area contributed by atoms with Crippen LogP contribution in [-0.4, -0.2) is 5.97 Å². The van der Waals surface area contributed by atoms with Gasteiger partial charge >= 0.3 is 5.97 Å². The van der Waals surface area contributed by atoms with Crippen molar-refractivity contribution in [3.05, 3.63) is 71.1 Å². The Hall–Kier alpha value is -2.00. The number of thioether (sulfide) groups is 1. The third-order valence-electron chi connectivity index (χ3n) is 2.66. The fourth-order valence-corrected chi connectivity index (χ4v) is 2.53. The number of carbonyl (C=O) groups excluding carboxylic acids is 1. The Morgan fingerprint density at radius 3 is 2.33 bits per heavy atom. The summed E-state index contributed by atoms with van der Waals surface area (Å²) < 4.78 is 5.25. The Kier molecular flexibility index (Phi) is 2.90. The van der Waals surface area contributed by atoms with E-state index in [1.54, 1.807) is 17.8 Å². The second-order valence-corrected chi connectivity index (χ2v) is 4.79. The maximum absolute atomic E-state index is 11.6. The van der Waals surface area contributed by atoms with E-state index in [4.69, 9.17) is 4.74 Å². The van der Waals surface area contributed by atoms with Gasteiger partial charge in [-0.1, -0.05) is 48.2 Å². The molecule has 18 heavy (non-hydrogen) atoms. The Balaban J connectivity index is 1.89. The third-order valence-corrected chi connectivity index (χ3v) is 3.54. The summed E-state index contributed by atoms with van der Waals surface area (Å²) in [4.78, 5) is 12.7. The fraction of sp³-hybridized carbons (Fsp3) is 0. The fourth-order valence-electron chi connectivity index (χ4n) is 1.79. The molecule has 0 saturated carbocycles. The highest BCUT2D eigenvalue weighted by Crippen LogP contribution is 2.32. The minimum absolute atomic E-state index is 0.273. The first-order valence-corrected chi connectivity index (χ1v) is 6.46. The summed E-state index contributed by atoms with van der Waals surface area (Å²) in [7, 11) is 0. The Bertz CT molecular complexity index is 617. The highest BCUT2D eigenvalue weighted by atomic mass is 32.2. The van der Waals surface area contributed by atoms with Gasteiger partial charge in [-0.25, -0.2) is 4.79 Å². The second kappa shape index (κ2) is 4.70. The van der Waals surface area contributed by atoms with Crippen LogP contribution >= 0.6 is 11.8 Å². The maximum Gasteiger partial charge on any atom is 0.344 e. The molecule has 0 bridgehead atoms. The Morgan fingerprint density at radius 1 is 0.889 bits per heavy atom. The highest BCUT2D eigenvalue weighted by molar-refractivity contribution is 8.02. The Labute approximate surface area is 109 Å². The number of fused-ring (bicyclic) bond motifs is 1. The largest absolute Gasteiger partial charge is 0.422 e. The van der Waals surface area contributed by atoms with Crippen LogP contribution in [0.15, 0.2) is 64.9 Å². The van der Waals surface area contributed by atoms with Crippen LogP contribution in [0.3, 0.4) is 0 Å². The van der Waals surface area contributed by atoms with E-state index >= 15 is 0 Å². The molecule has 0 saturated heterocycles. The molecule has 1 aliphatic rings. The predicted molar refractivity (Wildman–Crippen MR) is 72.1 cm³/mol. The molecule has 0 amide bonds. The van der Waals surface area contributed by atoms with E-state index in [-0.39, 0.29) is 5.97 Å². The number of benzene rings is 2. The molecule has 2 aromatic rings. The van der Waals surface area contributed by atoms with Gasteiger partial charge in [0.1, 0.15) is 5.76 Å². The van der Waals surface area contributed by atoms with Gasteiger partial charge in [0.2, 0.25) is 0 Å². The first-order valence-electron chi connectivity index (χ1n) is 5.58. The van der Waals surface area contributed by atoms with Gasteiger partial charge in [0.25, 0.3) is 0 Å². The van der Waals surface area contributed by atoms with Crippen molar-refractivity contribution in [3.8, 4) is 0 Å². The number of hydrogen-bond acceptors (Lipinski definition) is 3. The number of esters is 1. The van der Waals surface area contributed by atoms with Crippen molar-refractivity contribution in [2.24, 2.45) is 0 Å². The maximum atomic E-state index is 11.6. The smallest absolute Gasteiger partial charge is 0.344 e. The zero-order valence-corrected chi connectivity index (χ0v) is 10.3. The summed E-state index contributed by atoms with van der Waals surface area (Å²) in [6.07, 6.45) is 0. The van der Waals surface area contributed by atoms with E-state index in [0.29, 0.717) is 11.3 Å². The first-order chi connectivity index (χ1) is 8.84. The number of rotatable bonds is 2. The van der Waals surface area contributed by atoms with Crippen molar-refractivity contribution >= 4 is 23.5 Å². The zero-order valence-electron chi connectivity index (χ0n) is 9.50. The van der Waals surface area contributed by atoms with Crippen molar-refractivity contribution in [3.63, 3.8) is 0 Å². The topological polar surface area (TPSA) is 26.3 Å². The van der Waals surface area contributed by atoms with Crippen LogP contribution in [0.4, 0.5) is 0 Å². The molecule has 0 N–H and O–H groups in total. The van der Waals surface area contributed by atoms with E-state index < -0.39 is 0 Å². The molecule has 0 fully saturated rings. The normalized spacial score (nSPS) is 15.6. The lowest BCUT2D eigenvalue weighted by molar-refractivity contribution is 0.0716. The highest BCUT2D eigenvalue weighted by Gasteiger charge is 2.25. The minimum atomic E-state index is -0.273. The number of carbonyl (C=O) groups is 1. The summed E-state index contributed by atoms with van der Waals surface area (Å²) in [6.45, 7) is 0. The van der Waals surface area contributed by atoms with Crippen LogP contribution in [0.5, 0.6) is 0 Å². The van der Waals surface area contributed by atoms with Crippen LogP contribution in [0.2, 0.25) is 0 Å². The van der Waals surface area contributed by atoms with Gasteiger partial charge in [-0.2, -0.15) is 0 Å². The molecule has 0 radical (unpaired) electrons. The van der Waals surface area contributed by atoms with E-state index in [1.807, 2.05) is 53.9 Å². The summed E-state index contributed by atoms with van der Waals surface area (Å²) in [5.74, 6) is 0.356. The lowest BCUT2D eigenvalue weighted by atomic mass is 10.1. The van der Waals surface area contributed by atoms with Gasteiger partial charge in [-0.05, 0) is 18.2 Å². The van der Waals surface area contributed by atoms with Crippen LogP contribution in [0.1, 0.15) is 15.9 Å². The molecule has 3 heteroatoms. The van der Waals surface area contributed by atoms with Crippen molar-refractivity contribution in [1.29, 1.82) is 0 Å². The summed E-state index contributed by atoms with van der Waals surface area (Å²) in [6, 6.07) is 17.4. The summed E-state index contributed by atoms with van der Waals surface area (Å²) in [5.41, 5.74) is 1.50. The molecular formula is C15H10O2S. The van der Waals surface area contributed by atoms with Gasteiger partial charge in [-0.3, -0.25) is 0 Å². The van der Waals surface area contributed by atoms with Crippen molar-refractivity contribution in [2.75, 3.05) is 0 Å². The van der Waals surface area contributed by atoms with E-state index in [2.05, 4.69) is 0 Å². The monoisotopic (exact) mass is 254 g/mol. The van der Waals surface area contributed by atoms with E-state index in [0.717, 1.165) is 10.5 Å². The molecule has 0 spiro atoms. The number of cyclic esters (lactones) is 1. The second-order valence-electron chi connectivity index (χ2n) is 3.85. The van der Waals surface area contributed by atoms with Crippen molar-refractivity contribution in [2.45, 2.75) is 4.90 Å². The van der Waals surface area contributed by atoms with Crippen molar-refractivity contribution in [1.82, 2.24) is 0 Å². The third kappa shape index (κ3) is 2.05. The molecule has 3 rings (SSSR count). The number of hydrogen-bond donors (Lipinski definition) is 0. The van der Waals surface area contributed by atoms with Gasteiger partial charge in [-0.15, -0.1) is 0 Å². The number of ether oxygens (including phenoxy) is 1. The molecule has 0 aliphatic carbocycles. The quantitative estimate of drug-likeness (QED) is 0.599. The van der Waals surface area contributed by atoms with Gasteiger partial charge in [0.15, 0.2) is 0 Å². The molecule has 1 aliphatic heterocycles. The molecule has 2 aromatic carbocycles. The van der Waals surface area contributed by atoms with Gasteiger partial charge in [0.05, 0.1) is 5.56 Å². The lowest BCUT2D eigenvalue weighted by Crippen LogP contribution is -1.92. The average molecular weight is 254 g/mol. The molecule has 2 nitrogen and oxygen atoms in total. The molecule has 0 atom stereocenters. The average Bonchev–Trinajstić information content (AvgIpc) is 2.75. The van der Waals surface area contributed by atoms with Crippen molar-refractivity contribution < 1.29 is 9.53 Å².